The van der Waals surface area contributed by atoms with Crippen molar-refractivity contribution in [2.75, 3.05) is 31.1 Å². The Bertz CT molecular complexity index is 908. The van der Waals surface area contributed by atoms with Crippen molar-refractivity contribution in [1.82, 2.24) is 20.2 Å². The summed E-state index contributed by atoms with van der Waals surface area (Å²) in [7, 11) is 0. The second-order valence-corrected chi connectivity index (χ2v) is 7.70. The molecule has 1 fully saturated rings. The number of hydrogen-bond acceptors (Lipinski definition) is 5. The molecular weight excluding hydrogens is 354 g/mol. The number of aromatic nitrogens is 2. The fourth-order valence-electron chi connectivity index (χ4n) is 4.75. The number of nitrogens with zero attached hydrogens (tertiary/aromatic N) is 4. The van der Waals surface area contributed by atoms with Gasteiger partial charge < -0.3 is 15.1 Å². The van der Waals surface area contributed by atoms with Gasteiger partial charge in [0, 0.05) is 50.1 Å². The van der Waals surface area contributed by atoms with Crippen molar-refractivity contribution in [3.63, 3.8) is 0 Å². The Hall–Kier alpha value is -2.96. The molecule has 3 aliphatic rings. The van der Waals surface area contributed by atoms with Gasteiger partial charge in [-0.15, -0.1) is 0 Å². The topological polar surface area (TPSA) is 78.4 Å². The highest BCUT2D eigenvalue weighted by Gasteiger charge is 2.39. The molecule has 1 aromatic heterocycles. The quantitative estimate of drug-likeness (QED) is 0.859. The van der Waals surface area contributed by atoms with Crippen LogP contribution in [0, 0.1) is 5.92 Å². The summed E-state index contributed by atoms with van der Waals surface area (Å²) < 4.78 is 0. The first-order valence-corrected chi connectivity index (χ1v) is 9.95. The summed E-state index contributed by atoms with van der Waals surface area (Å²) in [6.07, 6.45) is 5.93. The summed E-state index contributed by atoms with van der Waals surface area (Å²) in [5.41, 5.74) is 2.99. The standard InChI is InChI=1S/C21H23N5O2/c27-19-16-4-1-3-14-7-12-26(17(13-24-19)18(14)16)20(28)15-5-10-25(11-6-15)21-22-8-2-9-23-21/h1-4,8-9,15,17H,5-7,10-13H2,(H,24,27). The summed E-state index contributed by atoms with van der Waals surface area (Å²) in [6, 6.07) is 7.66. The van der Waals surface area contributed by atoms with E-state index in [0.717, 1.165) is 56.0 Å². The molecule has 2 amide bonds. The number of carbonyl (C=O) groups is 2. The SMILES string of the molecule is O=C1NCC2c3c(cccc31)CCN2C(=O)C1CCN(c2ncccn2)CC1. The maximum Gasteiger partial charge on any atom is 0.251 e. The third-order valence-electron chi connectivity index (χ3n) is 6.19. The van der Waals surface area contributed by atoms with E-state index in [1.807, 2.05) is 23.1 Å². The van der Waals surface area contributed by atoms with Crippen LogP contribution in [0.4, 0.5) is 5.95 Å². The number of anilines is 1. The lowest BCUT2D eigenvalue weighted by atomic mass is 9.84. The number of hydrogen-bond donors (Lipinski definition) is 1. The number of nitrogens with one attached hydrogen (secondary N) is 1. The number of benzene rings is 1. The van der Waals surface area contributed by atoms with Crippen molar-refractivity contribution in [1.29, 1.82) is 0 Å². The van der Waals surface area contributed by atoms with Gasteiger partial charge in [-0.3, -0.25) is 9.59 Å². The Morgan fingerprint density at radius 2 is 1.86 bits per heavy atom. The molecule has 1 atom stereocenters. The van der Waals surface area contributed by atoms with Gasteiger partial charge in [0.1, 0.15) is 0 Å². The zero-order valence-corrected chi connectivity index (χ0v) is 15.7. The van der Waals surface area contributed by atoms with Crippen LogP contribution in [0.5, 0.6) is 0 Å². The highest BCUT2D eigenvalue weighted by Crippen LogP contribution is 2.36. The minimum absolute atomic E-state index is 0.0197. The van der Waals surface area contributed by atoms with Crippen molar-refractivity contribution >= 4 is 17.8 Å². The first-order chi connectivity index (χ1) is 13.7. The molecular formula is C21H23N5O2. The minimum atomic E-state index is -0.0411. The predicted octanol–water partition coefficient (Wildman–Crippen LogP) is 1.56. The van der Waals surface area contributed by atoms with E-state index in [1.165, 1.54) is 5.56 Å². The molecule has 5 rings (SSSR count). The van der Waals surface area contributed by atoms with Crippen molar-refractivity contribution < 1.29 is 9.59 Å². The van der Waals surface area contributed by atoms with Crippen LogP contribution >= 0.6 is 0 Å². The first-order valence-electron chi connectivity index (χ1n) is 9.95. The molecule has 7 nitrogen and oxygen atoms in total. The predicted molar refractivity (Wildman–Crippen MR) is 104 cm³/mol. The molecule has 1 unspecified atom stereocenters. The van der Waals surface area contributed by atoms with E-state index < -0.39 is 0 Å². The molecule has 0 radical (unpaired) electrons. The average molecular weight is 377 g/mol. The van der Waals surface area contributed by atoms with Gasteiger partial charge in [0.05, 0.1) is 6.04 Å². The molecule has 4 heterocycles. The van der Waals surface area contributed by atoms with Crippen LogP contribution in [-0.4, -0.2) is 52.9 Å². The summed E-state index contributed by atoms with van der Waals surface area (Å²) >= 11 is 0. The van der Waals surface area contributed by atoms with Gasteiger partial charge in [0.15, 0.2) is 0 Å². The van der Waals surface area contributed by atoms with Crippen molar-refractivity contribution in [2.24, 2.45) is 5.92 Å². The van der Waals surface area contributed by atoms with Crippen molar-refractivity contribution in [2.45, 2.75) is 25.3 Å². The number of amides is 2. The van der Waals surface area contributed by atoms with E-state index in [0.29, 0.717) is 6.54 Å². The summed E-state index contributed by atoms with van der Waals surface area (Å²) in [4.78, 5) is 38.4. The molecule has 0 saturated carbocycles. The normalized spacial score (nSPS) is 21.9. The lowest BCUT2D eigenvalue weighted by Gasteiger charge is -2.43. The maximum absolute atomic E-state index is 13.4. The van der Waals surface area contributed by atoms with Gasteiger partial charge in [-0.25, -0.2) is 9.97 Å². The van der Waals surface area contributed by atoms with Gasteiger partial charge in [-0.2, -0.15) is 0 Å². The second kappa shape index (κ2) is 6.89. The van der Waals surface area contributed by atoms with E-state index >= 15 is 0 Å². The maximum atomic E-state index is 13.4. The number of carbonyl (C=O) groups excluding carboxylic acids is 2. The largest absolute Gasteiger partial charge is 0.350 e. The zero-order chi connectivity index (χ0) is 19.1. The molecule has 0 bridgehead atoms. The molecule has 2 aromatic rings. The van der Waals surface area contributed by atoms with Gasteiger partial charge in [-0.05, 0) is 42.5 Å². The van der Waals surface area contributed by atoms with Crippen LogP contribution in [-0.2, 0) is 11.2 Å². The lowest BCUT2D eigenvalue weighted by molar-refractivity contribution is -0.139. The van der Waals surface area contributed by atoms with Crippen LogP contribution < -0.4 is 10.2 Å². The third-order valence-corrected chi connectivity index (χ3v) is 6.19. The number of rotatable bonds is 2. The van der Waals surface area contributed by atoms with Gasteiger partial charge in [-0.1, -0.05) is 12.1 Å². The molecule has 1 aromatic carbocycles. The number of piperidine rings is 1. The average Bonchev–Trinajstić information content (AvgIpc) is 2.76. The van der Waals surface area contributed by atoms with Crippen LogP contribution in [0.25, 0.3) is 0 Å². The Morgan fingerprint density at radius 1 is 1.07 bits per heavy atom. The fourth-order valence-corrected chi connectivity index (χ4v) is 4.75. The van der Waals surface area contributed by atoms with Crippen LogP contribution in [0.15, 0.2) is 36.7 Å². The Kier molecular flexibility index (Phi) is 4.22. The van der Waals surface area contributed by atoms with Gasteiger partial charge in [0.2, 0.25) is 11.9 Å². The molecule has 144 valence electrons. The molecule has 28 heavy (non-hydrogen) atoms. The van der Waals surface area contributed by atoms with Crippen molar-refractivity contribution in [3.8, 4) is 0 Å². The second-order valence-electron chi connectivity index (χ2n) is 7.70. The van der Waals surface area contributed by atoms with E-state index in [4.69, 9.17) is 0 Å². The highest BCUT2D eigenvalue weighted by molar-refractivity contribution is 5.98. The van der Waals surface area contributed by atoms with E-state index in [1.54, 1.807) is 12.4 Å². The monoisotopic (exact) mass is 377 g/mol. The van der Waals surface area contributed by atoms with Crippen LogP contribution in [0.3, 0.4) is 0 Å². The van der Waals surface area contributed by atoms with Gasteiger partial charge >= 0.3 is 0 Å². The van der Waals surface area contributed by atoms with Crippen molar-refractivity contribution in [3.05, 3.63) is 53.3 Å². The summed E-state index contributed by atoms with van der Waals surface area (Å²) in [6.45, 7) is 2.80. The molecule has 0 spiro atoms. The molecule has 1 saturated heterocycles. The Labute approximate surface area is 163 Å². The van der Waals surface area contributed by atoms with E-state index in [2.05, 4.69) is 26.3 Å². The lowest BCUT2D eigenvalue weighted by Crippen LogP contribution is -2.51. The minimum Gasteiger partial charge on any atom is -0.350 e. The summed E-state index contributed by atoms with van der Waals surface area (Å²) in [5.74, 6) is 0.944. The summed E-state index contributed by atoms with van der Waals surface area (Å²) in [5, 5.41) is 2.96. The first kappa shape index (κ1) is 17.2. The van der Waals surface area contributed by atoms with Gasteiger partial charge in [0.25, 0.3) is 5.91 Å². The Balaban J connectivity index is 1.32. The molecule has 1 N–H and O–H groups in total. The fraction of sp³-hybridized carbons (Fsp3) is 0.429. The highest BCUT2D eigenvalue weighted by atomic mass is 16.2. The van der Waals surface area contributed by atoms with Crippen LogP contribution in [0.1, 0.15) is 40.4 Å². The Morgan fingerprint density at radius 3 is 2.64 bits per heavy atom. The molecule has 7 heteroatoms. The third kappa shape index (κ3) is 2.82. The molecule has 3 aliphatic heterocycles. The van der Waals surface area contributed by atoms with Crippen LogP contribution in [0.2, 0.25) is 0 Å². The zero-order valence-electron chi connectivity index (χ0n) is 15.7. The molecule has 0 aliphatic carbocycles. The van der Waals surface area contributed by atoms with E-state index in [-0.39, 0.29) is 23.8 Å². The smallest absolute Gasteiger partial charge is 0.251 e. The van der Waals surface area contributed by atoms with E-state index in [9.17, 15) is 9.59 Å².